The van der Waals surface area contributed by atoms with Crippen molar-refractivity contribution in [2.45, 2.75) is 13.0 Å². The third-order valence-electron chi connectivity index (χ3n) is 5.58. The number of fused-ring (bicyclic) bond motifs is 3. The predicted octanol–water partition coefficient (Wildman–Crippen LogP) is 6.41. The van der Waals surface area contributed by atoms with Crippen LogP contribution in [0.25, 0.3) is 21.7 Å². The summed E-state index contributed by atoms with van der Waals surface area (Å²) in [4.78, 5) is 13.3. The number of amides is 1. The highest BCUT2D eigenvalue weighted by Gasteiger charge is 2.23. The van der Waals surface area contributed by atoms with Gasteiger partial charge in [-0.3, -0.25) is 4.79 Å². The van der Waals surface area contributed by atoms with Crippen molar-refractivity contribution >= 4 is 27.6 Å². The Morgan fingerprint density at radius 1 is 0.733 bits per heavy atom. The normalized spacial score (nSPS) is 11.3. The van der Waals surface area contributed by atoms with Gasteiger partial charge in [-0.15, -0.1) is 0 Å². The maximum absolute atomic E-state index is 13.3. The number of furan rings is 1. The average molecular weight is 391 g/mol. The fourth-order valence-corrected chi connectivity index (χ4v) is 4.01. The Kier molecular flexibility index (Phi) is 4.56. The lowest BCUT2D eigenvalue weighted by atomic mass is 9.98. The molecule has 0 fully saturated rings. The molecule has 0 aliphatic heterocycles. The summed E-state index contributed by atoms with van der Waals surface area (Å²) in [5.74, 6) is 0.142. The van der Waals surface area contributed by atoms with Gasteiger partial charge in [-0.25, -0.2) is 0 Å². The Balaban J connectivity index is 1.57. The predicted molar refractivity (Wildman–Crippen MR) is 121 cm³/mol. The molecule has 3 nitrogen and oxygen atoms in total. The lowest BCUT2D eigenvalue weighted by Gasteiger charge is -2.19. The summed E-state index contributed by atoms with van der Waals surface area (Å²) >= 11 is 0. The van der Waals surface area contributed by atoms with Gasteiger partial charge >= 0.3 is 0 Å². The van der Waals surface area contributed by atoms with Crippen LogP contribution in [0.15, 0.2) is 101 Å². The molecule has 5 rings (SSSR count). The van der Waals surface area contributed by atoms with Crippen molar-refractivity contribution in [3.8, 4) is 0 Å². The van der Waals surface area contributed by atoms with E-state index in [0.717, 1.165) is 38.4 Å². The highest BCUT2D eigenvalue weighted by Crippen LogP contribution is 2.32. The van der Waals surface area contributed by atoms with E-state index in [-0.39, 0.29) is 11.9 Å². The van der Waals surface area contributed by atoms with Crippen LogP contribution in [0.4, 0.5) is 0 Å². The van der Waals surface area contributed by atoms with Gasteiger partial charge in [0, 0.05) is 16.3 Å². The molecule has 3 heteroatoms. The molecule has 1 heterocycles. The molecule has 0 radical (unpaired) electrons. The molecule has 146 valence electrons. The molecule has 0 unspecified atom stereocenters. The fraction of sp³-hybridized carbons (Fsp3) is 0.0741. The molecule has 1 aromatic heterocycles. The van der Waals surface area contributed by atoms with Gasteiger partial charge in [0.2, 0.25) is 0 Å². The Hall–Kier alpha value is -3.85. The van der Waals surface area contributed by atoms with E-state index < -0.39 is 0 Å². The van der Waals surface area contributed by atoms with E-state index in [1.807, 2.05) is 97.9 Å². The number of carbonyl (C=O) groups excluding carboxylic acids is 1. The summed E-state index contributed by atoms with van der Waals surface area (Å²) in [6, 6.07) is 31.9. The molecule has 30 heavy (non-hydrogen) atoms. The highest BCUT2D eigenvalue weighted by atomic mass is 16.3. The molecule has 0 saturated heterocycles. The smallest absolute Gasteiger partial charge is 0.288 e. The van der Waals surface area contributed by atoms with Gasteiger partial charge in [-0.05, 0) is 23.4 Å². The van der Waals surface area contributed by atoms with Crippen LogP contribution >= 0.6 is 0 Å². The van der Waals surface area contributed by atoms with Gasteiger partial charge in [0.1, 0.15) is 5.58 Å². The number of aryl methyl sites for hydroxylation is 1. The monoisotopic (exact) mass is 391 g/mol. The highest BCUT2D eigenvalue weighted by molar-refractivity contribution is 6.09. The molecule has 0 bridgehead atoms. The number of rotatable bonds is 4. The third-order valence-corrected chi connectivity index (χ3v) is 5.58. The average Bonchev–Trinajstić information content (AvgIpc) is 3.15. The number of nitrogens with one attached hydrogen (secondary N) is 1. The van der Waals surface area contributed by atoms with Crippen molar-refractivity contribution in [3.63, 3.8) is 0 Å². The third kappa shape index (κ3) is 3.15. The van der Waals surface area contributed by atoms with Crippen molar-refractivity contribution in [3.05, 3.63) is 120 Å². The minimum Gasteiger partial charge on any atom is -0.450 e. The lowest BCUT2D eigenvalue weighted by molar-refractivity contribution is 0.0916. The van der Waals surface area contributed by atoms with Gasteiger partial charge in [0.15, 0.2) is 5.76 Å². The molecule has 0 aliphatic carbocycles. The van der Waals surface area contributed by atoms with Gasteiger partial charge in [0.25, 0.3) is 5.91 Å². The Morgan fingerprint density at radius 2 is 1.33 bits per heavy atom. The van der Waals surface area contributed by atoms with Crippen LogP contribution in [0.1, 0.15) is 33.3 Å². The van der Waals surface area contributed by atoms with Crippen molar-refractivity contribution in [2.24, 2.45) is 0 Å². The van der Waals surface area contributed by atoms with E-state index >= 15 is 0 Å². The summed E-state index contributed by atoms with van der Waals surface area (Å²) in [6.45, 7) is 1.94. The molecule has 4 aromatic carbocycles. The fourth-order valence-electron chi connectivity index (χ4n) is 4.01. The summed E-state index contributed by atoms with van der Waals surface area (Å²) in [5.41, 5.74) is 3.66. The second-order valence-corrected chi connectivity index (χ2v) is 7.45. The van der Waals surface area contributed by atoms with Crippen LogP contribution in [0.5, 0.6) is 0 Å². The van der Waals surface area contributed by atoms with Gasteiger partial charge in [-0.2, -0.15) is 0 Å². The number of hydrogen-bond acceptors (Lipinski definition) is 2. The zero-order valence-corrected chi connectivity index (χ0v) is 16.6. The largest absolute Gasteiger partial charge is 0.450 e. The zero-order chi connectivity index (χ0) is 20.5. The van der Waals surface area contributed by atoms with Gasteiger partial charge < -0.3 is 9.73 Å². The summed E-state index contributed by atoms with van der Waals surface area (Å²) < 4.78 is 6.13. The quantitative estimate of drug-likeness (QED) is 0.384. The molecule has 1 amide bonds. The second kappa shape index (κ2) is 7.53. The summed E-state index contributed by atoms with van der Waals surface area (Å²) in [6.07, 6.45) is 0. The van der Waals surface area contributed by atoms with E-state index in [0.29, 0.717) is 5.76 Å². The van der Waals surface area contributed by atoms with E-state index in [1.54, 1.807) is 0 Å². The maximum Gasteiger partial charge on any atom is 0.288 e. The van der Waals surface area contributed by atoms with Gasteiger partial charge in [0.05, 0.1) is 6.04 Å². The molecule has 0 atom stereocenters. The second-order valence-electron chi connectivity index (χ2n) is 7.45. The summed E-state index contributed by atoms with van der Waals surface area (Å²) in [7, 11) is 0. The Morgan fingerprint density at radius 3 is 2.00 bits per heavy atom. The number of hydrogen-bond donors (Lipinski definition) is 1. The maximum atomic E-state index is 13.3. The van der Waals surface area contributed by atoms with Crippen molar-refractivity contribution in [1.29, 1.82) is 0 Å². The lowest BCUT2D eigenvalue weighted by Crippen LogP contribution is -2.29. The van der Waals surface area contributed by atoms with Crippen molar-refractivity contribution in [1.82, 2.24) is 5.32 Å². The van der Waals surface area contributed by atoms with Crippen LogP contribution in [0, 0.1) is 6.92 Å². The van der Waals surface area contributed by atoms with Crippen molar-refractivity contribution in [2.75, 3.05) is 0 Å². The Labute approximate surface area is 175 Å². The van der Waals surface area contributed by atoms with E-state index in [2.05, 4.69) is 11.4 Å². The summed E-state index contributed by atoms with van der Waals surface area (Å²) in [5, 5.41) is 6.26. The number of carbonyl (C=O) groups is 1. The first-order chi connectivity index (χ1) is 14.7. The van der Waals surface area contributed by atoms with E-state index in [1.165, 1.54) is 0 Å². The van der Waals surface area contributed by atoms with Crippen LogP contribution in [-0.4, -0.2) is 5.91 Å². The molecular weight excluding hydrogens is 370 g/mol. The number of benzene rings is 4. The standard InChI is InChI=1S/C27H21NO2/c1-18-22-17-16-19-10-8-9-15-23(19)26(22)30-25(18)27(29)28-24(20-11-4-2-5-12-20)21-13-6-3-7-14-21/h2-17,24H,1H3,(H,28,29). The first kappa shape index (κ1) is 18.2. The Bertz CT molecular complexity index is 1300. The SMILES string of the molecule is Cc1c(C(=O)NC(c2ccccc2)c2ccccc2)oc2c1ccc1ccccc12. The molecule has 0 spiro atoms. The molecule has 0 aliphatic rings. The molecule has 5 aromatic rings. The van der Waals surface area contributed by atoms with E-state index in [4.69, 9.17) is 4.42 Å². The molecule has 0 saturated carbocycles. The van der Waals surface area contributed by atoms with E-state index in [9.17, 15) is 4.79 Å². The minimum absolute atomic E-state index is 0.217. The zero-order valence-electron chi connectivity index (χ0n) is 16.6. The molecule has 1 N–H and O–H groups in total. The van der Waals surface area contributed by atoms with Gasteiger partial charge in [-0.1, -0.05) is 97.1 Å². The van der Waals surface area contributed by atoms with Crippen molar-refractivity contribution < 1.29 is 9.21 Å². The first-order valence-corrected chi connectivity index (χ1v) is 10.0. The first-order valence-electron chi connectivity index (χ1n) is 10.0. The van der Waals surface area contributed by atoms with Crippen LogP contribution in [0.3, 0.4) is 0 Å². The van der Waals surface area contributed by atoms with Crippen LogP contribution < -0.4 is 5.32 Å². The van der Waals surface area contributed by atoms with Crippen LogP contribution in [-0.2, 0) is 0 Å². The van der Waals surface area contributed by atoms with Crippen LogP contribution in [0.2, 0.25) is 0 Å². The topological polar surface area (TPSA) is 42.2 Å². The molecular formula is C27H21NO2. The minimum atomic E-state index is -0.260.